The molecule has 0 radical (unpaired) electrons. The van der Waals surface area contributed by atoms with Gasteiger partial charge in [-0.3, -0.25) is 19.7 Å². The quantitative estimate of drug-likeness (QED) is 0.442. The molecular formula is C19H14ClN3O6. The number of halogens is 1. The fourth-order valence-corrected chi connectivity index (χ4v) is 2.49. The van der Waals surface area contributed by atoms with Crippen molar-refractivity contribution in [3.63, 3.8) is 0 Å². The highest BCUT2D eigenvalue weighted by atomic mass is 35.5. The van der Waals surface area contributed by atoms with Gasteiger partial charge < -0.3 is 19.8 Å². The minimum Gasteiger partial charge on any atom is -0.484 e. The minimum absolute atomic E-state index is 0.0834. The predicted octanol–water partition coefficient (Wildman–Crippen LogP) is 4.11. The number of carbonyl (C=O) groups is 2. The summed E-state index contributed by atoms with van der Waals surface area (Å²) < 4.78 is 10.4. The standard InChI is InChI=1S/C19H14ClN3O6/c20-12-3-8-15(16(10-12)22-19(25)17-2-1-9-28-17)21-18(24)11-29-14-6-4-13(5-7-14)23(26)27/h1-10H,11H2,(H,21,24)(H,22,25). The van der Waals surface area contributed by atoms with E-state index in [0.29, 0.717) is 16.5 Å². The largest absolute Gasteiger partial charge is 0.484 e. The fourth-order valence-electron chi connectivity index (χ4n) is 2.32. The molecule has 29 heavy (non-hydrogen) atoms. The van der Waals surface area contributed by atoms with E-state index < -0.39 is 16.7 Å². The Labute approximate surface area is 169 Å². The van der Waals surface area contributed by atoms with Crippen molar-refractivity contribution in [2.75, 3.05) is 17.2 Å². The van der Waals surface area contributed by atoms with E-state index in [1.807, 2.05) is 0 Å². The highest BCUT2D eigenvalue weighted by Gasteiger charge is 2.14. The molecule has 3 rings (SSSR count). The lowest BCUT2D eigenvalue weighted by Gasteiger charge is -2.13. The number of nitrogens with zero attached hydrogens (tertiary/aromatic N) is 1. The topological polar surface area (TPSA) is 124 Å². The maximum absolute atomic E-state index is 12.2. The van der Waals surface area contributed by atoms with E-state index in [1.54, 1.807) is 12.1 Å². The van der Waals surface area contributed by atoms with Crippen LogP contribution >= 0.6 is 11.6 Å². The van der Waals surface area contributed by atoms with Gasteiger partial charge in [0.25, 0.3) is 17.5 Å². The maximum atomic E-state index is 12.2. The normalized spacial score (nSPS) is 10.2. The summed E-state index contributed by atoms with van der Waals surface area (Å²) >= 11 is 5.98. The average Bonchev–Trinajstić information content (AvgIpc) is 3.24. The second-order valence-corrected chi connectivity index (χ2v) is 6.15. The van der Waals surface area contributed by atoms with Crippen molar-refractivity contribution in [1.82, 2.24) is 0 Å². The molecule has 0 aliphatic carbocycles. The number of benzene rings is 2. The number of hydrogen-bond donors (Lipinski definition) is 2. The van der Waals surface area contributed by atoms with Gasteiger partial charge in [-0.25, -0.2) is 0 Å². The van der Waals surface area contributed by atoms with E-state index in [-0.39, 0.29) is 23.7 Å². The molecule has 0 aliphatic heterocycles. The Bertz CT molecular complexity index is 1030. The van der Waals surface area contributed by atoms with Crippen LogP contribution in [0.4, 0.5) is 17.1 Å². The molecule has 0 fully saturated rings. The zero-order chi connectivity index (χ0) is 20.8. The van der Waals surface area contributed by atoms with E-state index in [4.69, 9.17) is 20.8 Å². The SMILES string of the molecule is O=C(COc1ccc([N+](=O)[O-])cc1)Nc1ccc(Cl)cc1NC(=O)c1ccco1. The van der Waals surface area contributed by atoms with Gasteiger partial charge in [0.15, 0.2) is 12.4 Å². The smallest absolute Gasteiger partial charge is 0.291 e. The number of nitrogens with one attached hydrogen (secondary N) is 2. The van der Waals surface area contributed by atoms with Crippen molar-refractivity contribution >= 4 is 40.5 Å². The third-order valence-electron chi connectivity index (χ3n) is 3.67. The first-order valence-electron chi connectivity index (χ1n) is 8.24. The Hall–Kier alpha value is -3.85. The summed E-state index contributed by atoms with van der Waals surface area (Å²) in [5, 5.41) is 16.2. The monoisotopic (exact) mass is 415 g/mol. The lowest BCUT2D eigenvalue weighted by molar-refractivity contribution is -0.384. The predicted molar refractivity (Wildman–Crippen MR) is 105 cm³/mol. The molecule has 0 saturated heterocycles. The van der Waals surface area contributed by atoms with E-state index in [9.17, 15) is 19.7 Å². The van der Waals surface area contributed by atoms with Crippen LogP contribution in [0.5, 0.6) is 5.75 Å². The van der Waals surface area contributed by atoms with Crippen LogP contribution in [0, 0.1) is 10.1 Å². The summed E-state index contributed by atoms with van der Waals surface area (Å²) in [5.74, 6) is -0.606. The Balaban J connectivity index is 1.63. The maximum Gasteiger partial charge on any atom is 0.291 e. The van der Waals surface area contributed by atoms with Crippen molar-refractivity contribution in [3.05, 3.63) is 81.8 Å². The van der Waals surface area contributed by atoms with Crippen LogP contribution in [0.2, 0.25) is 5.02 Å². The number of nitro benzene ring substituents is 1. The van der Waals surface area contributed by atoms with Crippen molar-refractivity contribution in [2.45, 2.75) is 0 Å². The van der Waals surface area contributed by atoms with Gasteiger partial charge in [-0.1, -0.05) is 11.6 Å². The minimum atomic E-state index is -0.532. The lowest BCUT2D eigenvalue weighted by Crippen LogP contribution is -2.21. The molecule has 0 atom stereocenters. The molecule has 0 unspecified atom stereocenters. The molecule has 0 saturated carbocycles. The summed E-state index contributed by atoms with van der Waals surface area (Å²) in [6, 6.07) is 13.0. The van der Waals surface area contributed by atoms with Crippen LogP contribution in [0.25, 0.3) is 0 Å². The third kappa shape index (κ3) is 5.33. The molecule has 9 nitrogen and oxygen atoms in total. The highest BCUT2D eigenvalue weighted by molar-refractivity contribution is 6.31. The van der Waals surface area contributed by atoms with Crippen molar-refractivity contribution in [2.24, 2.45) is 0 Å². The number of anilines is 2. The molecule has 1 aromatic heterocycles. The average molecular weight is 416 g/mol. The third-order valence-corrected chi connectivity index (χ3v) is 3.90. The lowest BCUT2D eigenvalue weighted by atomic mass is 10.2. The summed E-state index contributed by atoms with van der Waals surface area (Å²) in [6.45, 7) is -0.341. The van der Waals surface area contributed by atoms with Crippen LogP contribution < -0.4 is 15.4 Å². The molecule has 0 spiro atoms. The van der Waals surface area contributed by atoms with Crippen LogP contribution in [-0.2, 0) is 4.79 Å². The van der Waals surface area contributed by atoms with Crippen LogP contribution in [-0.4, -0.2) is 23.3 Å². The molecule has 3 aromatic rings. The highest BCUT2D eigenvalue weighted by Crippen LogP contribution is 2.26. The van der Waals surface area contributed by atoms with Gasteiger partial charge in [0.2, 0.25) is 0 Å². The second-order valence-electron chi connectivity index (χ2n) is 5.71. The van der Waals surface area contributed by atoms with Crippen molar-refractivity contribution in [1.29, 1.82) is 0 Å². The molecule has 1 heterocycles. The fraction of sp³-hybridized carbons (Fsp3) is 0.0526. The number of hydrogen-bond acceptors (Lipinski definition) is 6. The molecule has 148 valence electrons. The molecule has 2 aromatic carbocycles. The zero-order valence-corrected chi connectivity index (χ0v) is 15.5. The zero-order valence-electron chi connectivity index (χ0n) is 14.8. The van der Waals surface area contributed by atoms with E-state index in [1.165, 1.54) is 48.7 Å². The summed E-state index contributed by atoms with van der Waals surface area (Å²) in [4.78, 5) is 34.5. The number of amides is 2. The van der Waals surface area contributed by atoms with Gasteiger partial charge >= 0.3 is 0 Å². The van der Waals surface area contributed by atoms with Crippen LogP contribution in [0.1, 0.15) is 10.6 Å². The second kappa shape index (κ2) is 8.89. The first-order valence-corrected chi connectivity index (χ1v) is 8.61. The Morgan fingerprint density at radius 3 is 2.48 bits per heavy atom. The summed E-state index contributed by atoms with van der Waals surface area (Å²) in [5.41, 5.74) is 0.508. The molecule has 2 N–H and O–H groups in total. The van der Waals surface area contributed by atoms with E-state index in [0.717, 1.165) is 0 Å². The van der Waals surface area contributed by atoms with Gasteiger partial charge in [-0.15, -0.1) is 0 Å². The van der Waals surface area contributed by atoms with Crippen molar-refractivity contribution in [3.8, 4) is 5.75 Å². The van der Waals surface area contributed by atoms with Gasteiger partial charge in [0, 0.05) is 17.2 Å². The number of furan rings is 1. The molecular weight excluding hydrogens is 402 g/mol. The Morgan fingerprint density at radius 2 is 1.83 bits per heavy atom. The summed E-state index contributed by atoms with van der Waals surface area (Å²) in [7, 11) is 0. The molecule has 2 amide bonds. The van der Waals surface area contributed by atoms with E-state index >= 15 is 0 Å². The number of ether oxygens (including phenoxy) is 1. The molecule has 10 heteroatoms. The first-order chi connectivity index (χ1) is 13.9. The van der Waals surface area contributed by atoms with Gasteiger partial charge in [0.05, 0.1) is 22.6 Å². The van der Waals surface area contributed by atoms with Crippen molar-refractivity contribution < 1.29 is 23.7 Å². The Kier molecular flexibility index (Phi) is 6.10. The van der Waals surface area contributed by atoms with Gasteiger partial charge in [-0.05, 0) is 42.5 Å². The van der Waals surface area contributed by atoms with Crippen LogP contribution in [0.3, 0.4) is 0 Å². The molecule has 0 aliphatic rings. The molecule has 0 bridgehead atoms. The van der Waals surface area contributed by atoms with Gasteiger partial charge in [-0.2, -0.15) is 0 Å². The van der Waals surface area contributed by atoms with Gasteiger partial charge in [0.1, 0.15) is 5.75 Å². The number of nitro groups is 1. The number of carbonyl (C=O) groups excluding carboxylic acids is 2. The first kappa shape index (κ1) is 19.9. The summed E-state index contributed by atoms with van der Waals surface area (Å²) in [6.07, 6.45) is 1.37. The van der Waals surface area contributed by atoms with E-state index in [2.05, 4.69) is 10.6 Å². The van der Waals surface area contributed by atoms with Crippen LogP contribution in [0.15, 0.2) is 65.3 Å². The number of rotatable bonds is 7. The number of non-ortho nitro benzene ring substituents is 1. The Morgan fingerprint density at radius 1 is 1.07 bits per heavy atom.